The molecule has 250 valence electrons. The van der Waals surface area contributed by atoms with Crippen LogP contribution in [0.15, 0.2) is 18.2 Å². The second-order valence-corrected chi connectivity index (χ2v) is 12.4. The number of hydrogen-bond donors (Lipinski definition) is 1. The summed E-state index contributed by atoms with van der Waals surface area (Å²) >= 11 is 0. The van der Waals surface area contributed by atoms with Crippen molar-refractivity contribution in [2.24, 2.45) is 0 Å². The zero-order valence-electron chi connectivity index (χ0n) is 26.6. The van der Waals surface area contributed by atoms with E-state index < -0.39 is 7.60 Å². The van der Waals surface area contributed by atoms with E-state index in [1.54, 1.807) is 19.1 Å². The highest BCUT2D eigenvalue weighted by Crippen LogP contribution is 2.44. The summed E-state index contributed by atoms with van der Waals surface area (Å²) in [6, 6.07) is 5.52. The van der Waals surface area contributed by atoms with Crippen LogP contribution < -0.4 is 10.0 Å². The molecule has 2 atom stereocenters. The first-order valence-electron chi connectivity index (χ1n) is 16.3. The third-order valence-electron chi connectivity index (χ3n) is 7.03. The van der Waals surface area contributed by atoms with Gasteiger partial charge in [-0.15, -0.1) is 0 Å². The molecule has 1 aromatic carbocycles. The molecule has 0 saturated carbocycles. The van der Waals surface area contributed by atoms with Gasteiger partial charge in [-0.2, -0.15) is 0 Å². The Balaban J connectivity index is 1.94. The number of benzene rings is 1. The Labute approximate surface area is 259 Å². The number of ether oxygens (including phenoxy) is 7. The van der Waals surface area contributed by atoms with Gasteiger partial charge >= 0.3 is 7.60 Å². The fraction of sp³-hybridized carbons (Fsp3) is 0.812. The fourth-order valence-corrected chi connectivity index (χ4v) is 5.87. The molecule has 43 heavy (non-hydrogen) atoms. The topological polar surface area (TPSA) is 111 Å². The van der Waals surface area contributed by atoms with Crippen molar-refractivity contribution in [2.75, 3.05) is 85.9 Å². The summed E-state index contributed by atoms with van der Waals surface area (Å²) in [5.41, 5.74) is 1.01. The minimum atomic E-state index is -4.05. The quantitative estimate of drug-likeness (QED) is 0.197. The Kier molecular flexibility index (Phi) is 22.3. The molecule has 1 fully saturated rings. The lowest BCUT2D eigenvalue weighted by Crippen LogP contribution is -2.27. The Morgan fingerprint density at radius 1 is 0.744 bits per heavy atom. The van der Waals surface area contributed by atoms with Gasteiger partial charge in [0, 0.05) is 13.0 Å². The smallest absolute Gasteiger partial charge is 0.362 e. The summed E-state index contributed by atoms with van der Waals surface area (Å²) in [5.74, 6) is 0.336. The highest BCUT2D eigenvalue weighted by atomic mass is 31.2. The van der Waals surface area contributed by atoms with Crippen molar-refractivity contribution in [1.82, 2.24) is 0 Å². The first-order chi connectivity index (χ1) is 21.1. The van der Waals surface area contributed by atoms with Crippen molar-refractivity contribution in [1.29, 1.82) is 0 Å². The van der Waals surface area contributed by atoms with Crippen LogP contribution in [0.5, 0.6) is 5.75 Å². The molecule has 0 amide bonds. The van der Waals surface area contributed by atoms with Gasteiger partial charge in [-0.25, -0.2) is 0 Å². The maximum absolute atomic E-state index is 13.1. The van der Waals surface area contributed by atoms with Crippen molar-refractivity contribution >= 4 is 12.9 Å². The maximum atomic E-state index is 13.1. The van der Waals surface area contributed by atoms with E-state index in [1.165, 1.54) is 38.5 Å². The molecule has 2 unspecified atom stereocenters. The summed E-state index contributed by atoms with van der Waals surface area (Å²) in [6.45, 7) is 9.45. The van der Waals surface area contributed by atoms with Gasteiger partial charge in [0.15, 0.2) is 0 Å². The maximum Gasteiger partial charge on any atom is 0.362 e. The van der Waals surface area contributed by atoms with Crippen molar-refractivity contribution in [3.63, 3.8) is 0 Å². The Hall–Kier alpha value is -1.07. The molecule has 1 heterocycles. The summed E-state index contributed by atoms with van der Waals surface area (Å²) in [5, 5.41) is 0.197. The van der Waals surface area contributed by atoms with E-state index in [9.17, 15) is 9.46 Å². The molecule has 1 N–H and O–H groups in total. The van der Waals surface area contributed by atoms with E-state index >= 15 is 0 Å². The van der Waals surface area contributed by atoms with Gasteiger partial charge in [-0.05, 0) is 37.5 Å². The number of unbranched alkanes of at least 4 members (excludes halogenated alkanes) is 7. The summed E-state index contributed by atoms with van der Waals surface area (Å²) in [4.78, 5) is 10.8. The Morgan fingerprint density at radius 2 is 1.28 bits per heavy atom. The fourth-order valence-electron chi connectivity index (χ4n) is 4.64. The molecule has 10 nitrogen and oxygen atoms in total. The standard InChI is InChI=1S/C32H57O10P/c1-3-5-6-7-8-9-10-11-12-29-13-14-31(32(27-29)43(33,34)42-4-2)41-28-30-15-16-35-17-18-36-19-20-37-21-22-38-23-24-39-25-26-40-30/h13-14,27,30H,3-12,15-26,28H2,1-2H3,(H,33,34). The minimum Gasteiger partial charge on any atom is -0.490 e. The van der Waals surface area contributed by atoms with Crippen LogP contribution in [-0.4, -0.2) is 96.9 Å². The summed E-state index contributed by atoms with van der Waals surface area (Å²) < 4.78 is 58.4. The van der Waals surface area contributed by atoms with Gasteiger partial charge in [0.05, 0.1) is 78.8 Å². The Morgan fingerprint density at radius 3 is 1.86 bits per heavy atom. The average molecular weight is 633 g/mol. The first kappa shape index (κ1) is 38.1. The lowest BCUT2D eigenvalue weighted by molar-refractivity contribution is -0.0390. The largest absolute Gasteiger partial charge is 0.490 e. The van der Waals surface area contributed by atoms with E-state index in [-0.39, 0.29) is 24.6 Å². The van der Waals surface area contributed by atoms with E-state index in [4.69, 9.17) is 37.7 Å². The number of rotatable bonds is 15. The van der Waals surface area contributed by atoms with Gasteiger partial charge in [0.25, 0.3) is 0 Å². The molecule has 0 radical (unpaired) electrons. The molecule has 1 aromatic rings. The minimum absolute atomic E-state index is 0.125. The molecule has 1 saturated heterocycles. The predicted octanol–water partition coefficient (Wildman–Crippen LogP) is 5.47. The summed E-state index contributed by atoms with van der Waals surface area (Å²) in [7, 11) is -4.05. The van der Waals surface area contributed by atoms with Crippen molar-refractivity contribution in [3.8, 4) is 5.75 Å². The van der Waals surface area contributed by atoms with E-state index in [1.807, 2.05) is 6.07 Å². The molecule has 0 spiro atoms. The highest BCUT2D eigenvalue weighted by Gasteiger charge is 2.28. The van der Waals surface area contributed by atoms with E-state index in [0.29, 0.717) is 84.8 Å². The molecule has 1 aliphatic rings. The first-order valence-corrected chi connectivity index (χ1v) is 17.9. The third-order valence-corrected chi connectivity index (χ3v) is 8.60. The monoisotopic (exact) mass is 632 g/mol. The molecule has 2 rings (SSSR count). The third kappa shape index (κ3) is 18.5. The van der Waals surface area contributed by atoms with Gasteiger partial charge in [-0.1, -0.05) is 57.9 Å². The molecule has 1 aliphatic heterocycles. The van der Waals surface area contributed by atoms with Crippen LogP contribution in [0.25, 0.3) is 0 Å². The molecular weight excluding hydrogens is 575 g/mol. The lowest BCUT2D eigenvalue weighted by atomic mass is 10.0. The highest BCUT2D eigenvalue weighted by molar-refractivity contribution is 7.61. The van der Waals surface area contributed by atoms with Crippen molar-refractivity contribution in [2.45, 2.75) is 84.2 Å². The second kappa shape index (κ2) is 25.2. The van der Waals surface area contributed by atoms with Crippen molar-refractivity contribution < 1.29 is 47.1 Å². The van der Waals surface area contributed by atoms with Crippen LogP contribution in [0, 0.1) is 0 Å². The van der Waals surface area contributed by atoms with Crippen LogP contribution >= 0.6 is 7.60 Å². The molecular formula is C32H57O10P. The van der Waals surface area contributed by atoms with Crippen LogP contribution in [0.1, 0.15) is 77.2 Å². The van der Waals surface area contributed by atoms with Crippen LogP contribution in [0.3, 0.4) is 0 Å². The molecule has 11 heteroatoms. The number of aryl methyl sites for hydroxylation is 1. The Bertz CT molecular complexity index is 835. The lowest BCUT2D eigenvalue weighted by Gasteiger charge is -2.21. The van der Waals surface area contributed by atoms with Crippen LogP contribution in [0.4, 0.5) is 0 Å². The van der Waals surface area contributed by atoms with Gasteiger partial charge in [0.1, 0.15) is 17.7 Å². The van der Waals surface area contributed by atoms with Gasteiger partial charge in [-0.3, -0.25) is 4.57 Å². The normalized spacial score (nSPS) is 20.4. The summed E-state index contributed by atoms with van der Waals surface area (Å²) in [6.07, 6.45) is 11.0. The molecule has 0 aromatic heterocycles. The average Bonchev–Trinajstić information content (AvgIpc) is 3.00. The predicted molar refractivity (Wildman–Crippen MR) is 168 cm³/mol. The molecule has 0 aliphatic carbocycles. The second-order valence-electron chi connectivity index (χ2n) is 10.6. The zero-order chi connectivity index (χ0) is 30.9. The van der Waals surface area contributed by atoms with E-state index in [2.05, 4.69) is 6.92 Å². The van der Waals surface area contributed by atoms with Gasteiger partial charge < -0.3 is 42.6 Å². The van der Waals surface area contributed by atoms with Crippen LogP contribution in [0.2, 0.25) is 0 Å². The molecule has 0 bridgehead atoms. The van der Waals surface area contributed by atoms with Crippen LogP contribution in [-0.2, 0) is 43.9 Å². The van der Waals surface area contributed by atoms with Gasteiger partial charge in [0.2, 0.25) is 0 Å². The SMILES string of the molecule is CCCCCCCCCCc1ccc(OCC2CCOCCOCCOCCOCCOCCO2)c(P(=O)(O)OCC)c1. The van der Waals surface area contributed by atoms with Crippen molar-refractivity contribution in [3.05, 3.63) is 23.8 Å². The van der Waals surface area contributed by atoms with E-state index in [0.717, 1.165) is 24.8 Å². The number of hydrogen-bond acceptors (Lipinski definition) is 9. The zero-order valence-corrected chi connectivity index (χ0v) is 27.5.